The second-order valence-corrected chi connectivity index (χ2v) is 10.5. The van der Waals surface area contributed by atoms with E-state index in [-0.39, 0.29) is 0 Å². The molecule has 0 heterocycles. The molecule has 2 nitrogen and oxygen atoms in total. The van der Waals surface area contributed by atoms with Crippen LogP contribution >= 0.6 is 0 Å². The van der Waals surface area contributed by atoms with Gasteiger partial charge in [0.05, 0.1) is 0 Å². The van der Waals surface area contributed by atoms with E-state index in [2.05, 4.69) is 80.3 Å². The van der Waals surface area contributed by atoms with Crippen LogP contribution in [0, 0.1) is 5.92 Å². The maximum absolute atomic E-state index is 9.73. The van der Waals surface area contributed by atoms with Gasteiger partial charge in [0.1, 0.15) is 6.23 Å². The average Bonchev–Trinajstić information content (AvgIpc) is 2.94. The van der Waals surface area contributed by atoms with Crippen molar-refractivity contribution in [1.82, 2.24) is 0 Å². The van der Waals surface area contributed by atoms with Crippen molar-refractivity contribution in [2.75, 3.05) is 5.32 Å². The zero-order valence-electron chi connectivity index (χ0n) is 22.2. The van der Waals surface area contributed by atoms with E-state index in [9.17, 15) is 5.11 Å². The summed E-state index contributed by atoms with van der Waals surface area (Å²) in [6.07, 6.45) is 12.8. The molecule has 1 aliphatic rings. The van der Waals surface area contributed by atoms with Gasteiger partial charge in [-0.25, -0.2) is 0 Å². The van der Waals surface area contributed by atoms with E-state index in [4.69, 9.17) is 0 Å². The van der Waals surface area contributed by atoms with Crippen molar-refractivity contribution in [3.8, 4) is 22.3 Å². The average molecular weight is 482 g/mol. The van der Waals surface area contributed by atoms with Crippen LogP contribution < -0.4 is 5.32 Å². The van der Waals surface area contributed by atoms with Crippen LogP contribution in [0.25, 0.3) is 22.3 Å². The number of unbranched alkanes of at least 4 members (excludes halogenated alkanes) is 2. The Morgan fingerprint density at radius 1 is 0.861 bits per heavy atom. The van der Waals surface area contributed by atoms with Crippen LogP contribution in [0.1, 0.15) is 82.3 Å². The standard InChI is InChI=1S/C34H43NO/c1-4-7-8-9-25-10-12-27(13-11-25)28-14-16-29(17-15-28)31-20-23-33(26(5-2)24-31)30-18-21-32(22-19-30)35-34(36)6-3/h6,14-25,27,34-36H,3-5,7-13H2,1-2H3. The zero-order valence-corrected chi connectivity index (χ0v) is 22.2. The molecule has 4 rings (SSSR count). The smallest absolute Gasteiger partial charge is 0.143 e. The van der Waals surface area contributed by atoms with Crippen molar-refractivity contribution in [2.45, 2.75) is 83.8 Å². The minimum absolute atomic E-state index is 0.736. The summed E-state index contributed by atoms with van der Waals surface area (Å²) in [4.78, 5) is 0. The van der Waals surface area contributed by atoms with Gasteiger partial charge in [0, 0.05) is 5.69 Å². The van der Waals surface area contributed by atoms with Gasteiger partial charge in [0.25, 0.3) is 0 Å². The minimum Gasteiger partial charge on any atom is -0.370 e. The Balaban J connectivity index is 1.42. The fraction of sp³-hybridized carbons (Fsp3) is 0.412. The molecule has 0 saturated heterocycles. The van der Waals surface area contributed by atoms with Gasteiger partial charge in [-0.3, -0.25) is 0 Å². The first-order valence-electron chi connectivity index (χ1n) is 14.0. The molecule has 0 spiro atoms. The van der Waals surface area contributed by atoms with Crippen LogP contribution in [-0.4, -0.2) is 11.3 Å². The van der Waals surface area contributed by atoms with Crippen molar-refractivity contribution in [3.63, 3.8) is 0 Å². The number of anilines is 1. The highest BCUT2D eigenvalue weighted by atomic mass is 16.3. The van der Waals surface area contributed by atoms with Crippen molar-refractivity contribution >= 4 is 5.69 Å². The number of benzene rings is 3. The van der Waals surface area contributed by atoms with Gasteiger partial charge in [-0.2, -0.15) is 0 Å². The first-order valence-corrected chi connectivity index (χ1v) is 14.0. The van der Waals surface area contributed by atoms with E-state index in [1.807, 2.05) is 12.1 Å². The number of aryl methyl sites for hydroxylation is 1. The third-order valence-corrected chi connectivity index (χ3v) is 8.00. The summed E-state index contributed by atoms with van der Waals surface area (Å²) in [5.41, 5.74) is 8.80. The molecular weight excluding hydrogens is 438 g/mol. The molecule has 3 aromatic carbocycles. The second-order valence-electron chi connectivity index (χ2n) is 10.5. The minimum atomic E-state index is -0.738. The van der Waals surface area contributed by atoms with Gasteiger partial charge in [-0.15, -0.1) is 0 Å². The number of aliphatic hydroxyl groups excluding tert-OH is 1. The molecule has 1 saturated carbocycles. The van der Waals surface area contributed by atoms with Crippen LogP contribution in [0.3, 0.4) is 0 Å². The first kappa shape index (κ1) is 26.2. The van der Waals surface area contributed by atoms with Crippen LogP contribution in [0.4, 0.5) is 5.69 Å². The number of aliphatic hydroxyl groups is 1. The van der Waals surface area contributed by atoms with E-state index >= 15 is 0 Å². The molecule has 190 valence electrons. The highest BCUT2D eigenvalue weighted by Gasteiger charge is 2.22. The maximum atomic E-state index is 9.73. The molecule has 2 heteroatoms. The van der Waals surface area contributed by atoms with Crippen LogP contribution in [0.2, 0.25) is 0 Å². The van der Waals surface area contributed by atoms with Crippen LogP contribution in [-0.2, 0) is 6.42 Å². The summed E-state index contributed by atoms with van der Waals surface area (Å²) in [7, 11) is 0. The Hall–Kier alpha value is -2.84. The lowest BCUT2D eigenvalue weighted by Gasteiger charge is -2.29. The van der Waals surface area contributed by atoms with Crippen molar-refractivity contribution in [2.24, 2.45) is 5.92 Å². The van der Waals surface area contributed by atoms with E-state index in [0.717, 1.165) is 23.9 Å². The van der Waals surface area contributed by atoms with Gasteiger partial charge in [0.15, 0.2) is 0 Å². The Morgan fingerprint density at radius 3 is 2.17 bits per heavy atom. The Morgan fingerprint density at radius 2 is 1.53 bits per heavy atom. The molecule has 1 fully saturated rings. The highest BCUT2D eigenvalue weighted by Crippen LogP contribution is 2.38. The summed E-state index contributed by atoms with van der Waals surface area (Å²) in [5, 5.41) is 12.7. The maximum Gasteiger partial charge on any atom is 0.143 e. The Bertz CT molecular complexity index is 1090. The SMILES string of the molecule is C=CC(O)Nc1ccc(-c2ccc(-c3ccc(C4CCC(CCCCC)CC4)cc3)cc2CC)cc1. The molecule has 1 unspecified atom stereocenters. The molecule has 0 radical (unpaired) electrons. The molecule has 3 aromatic rings. The third kappa shape index (κ3) is 6.68. The lowest BCUT2D eigenvalue weighted by molar-refractivity contribution is 0.253. The number of nitrogens with one attached hydrogen (secondary N) is 1. The molecule has 0 bridgehead atoms. The zero-order chi connectivity index (χ0) is 25.3. The van der Waals surface area contributed by atoms with Gasteiger partial charge in [-0.05, 0) is 95.5 Å². The van der Waals surface area contributed by atoms with Crippen molar-refractivity contribution < 1.29 is 5.11 Å². The first-order chi connectivity index (χ1) is 17.6. The fourth-order valence-corrected chi connectivity index (χ4v) is 5.74. The number of hydrogen-bond acceptors (Lipinski definition) is 2. The molecule has 2 N–H and O–H groups in total. The predicted octanol–water partition coefficient (Wildman–Crippen LogP) is 9.35. The molecule has 1 aliphatic carbocycles. The van der Waals surface area contributed by atoms with Crippen molar-refractivity contribution in [3.05, 3.63) is 90.5 Å². The number of hydrogen-bond donors (Lipinski definition) is 2. The topological polar surface area (TPSA) is 32.3 Å². The number of rotatable bonds is 11. The molecule has 0 aliphatic heterocycles. The fourth-order valence-electron chi connectivity index (χ4n) is 5.74. The molecule has 1 atom stereocenters. The van der Waals surface area contributed by atoms with Gasteiger partial charge in [0.2, 0.25) is 0 Å². The molecular formula is C34H43NO. The summed E-state index contributed by atoms with van der Waals surface area (Å²) in [5.74, 6) is 1.70. The largest absolute Gasteiger partial charge is 0.370 e. The Kier molecular flexibility index (Phi) is 9.41. The highest BCUT2D eigenvalue weighted by molar-refractivity contribution is 5.75. The summed E-state index contributed by atoms with van der Waals surface area (Å²) in [6.45, 7) is 8.13. The monoisotopic (exact) mass is 481 g/mol. The van der Waals surface area contributed by atoms with Gasteiger partial charge >= 0.3 is 0 Å². The summed E-state index contributed by atoms with van der Waals surface area (Å²) in [6, 6.07) is 24.5. The molecule has 36 heavy (non-hydrogen) atoms. The Labute approximate surface area is 218 Å². The summed E-state index contributed by atoms with van der Waals surface area (Å²) < 4.78 is 0. The second kappa shape index (κ2) is 12.9. The van der Waals surface area contributed by atoms with Gasteiger partial charge in [-0.1, -0.05) is 101 Å². The lowest BCUT2D eigenvalue weighted by Crippen LogP contribution is -2.14. The molecule has 0 aromatic heterocycles. The van der Waals surface area contributed by atoms with E-state index < -0.39 is 6.23 Å². The molecule has 0 amide bonds. The van der Waals surface area contributed by atoms with Gasteiger partial charge < -0.3 is 10.4 Å². The van der Waals surface area contributed by atoms with Crippen LogP contribution in [0.5, 0.6) is 0 Å². The van der Waals surface area contributed by atoms with E-state index in [1.54, 1.807) is 0 Å². The van der Waals surface area contributed by atoms with Crippen molar-refractivity contribution in [1.29, 1.82) is 0 Å². The van der Waals surface area contributed by atoms with E-state index in [1.165, 1.54) is 90.8 Å². The third-order valence-electron chi connectivity index (χ3n) is 8.00. The quantitative estimate of drug-likeness (QED) is 0.162. The summed E-state index contributed by atoms with van der Waals surface area (Å²) >= 11 is 0. The van der Waals surface area contributed by atoms with E-state index in [0.29, 0.717) is 0 Å². The predicted molar refractivity (Wildman–Crippen MR) is 155 cm³/mol. The normalized spacial score (nSPS) is 18.5. The van der Waals surface area contributed by atoms with Crippen LogP contribution in [0.15, 0.2) is 79.4 Å². The lowest BCUT2D eigenvalue weighted by atomic mass is 9.77.